The van der Waals surface area contributed by atoms with E-state index in [9.17, 15) is 0 Å². The van der Waals surface area contributed by atoms with Crippen molar-refractivity contribution in [1.29, 1.82) is 0 Å². The second-order valence-corrected chi connectivity index (χ2v) is 17.5. The van der Waals surface area contributed by atoms with E-state index >= 15 is 0 Å². The summed E-state index contributed by atoms with van der Waals surface area (Å²) in [5.74, 6) is 0.340. The fourth-order valence-corrected chi connectivity index (χ4v) is 5.24. The summed E-state index contributed by atoms with van der Waals surface area (Å²) in [6, 6.07) is 26.5. The molecule has 0 bridgehead atoms. The van der Waals surface area contributed by atoms with Crippen molar-refractivity contribution in [2.45, 2.75) is 319 Å². The maximum atomic E-state index is 9.05. The van der Waals surface area contributed by atoms with Crippen LogP contribution in [-0.4, -0.2) is 20.1 Å². The van der Waals surface area contributed by atoms with Crippen molar-refractivity contribution < 1.29 is 5.11 Å². The molecule has 0 amide bonds. The molecule has 0 saturated carbocycles. The van der Waals surface area contributed by atoms with Crippen LogP contribution < -0.4 is 0 Å². The second kappa shape index (κ2) is 88.8. The number of benzene rings is 3. The first-order valence-electron chi connectivity index (χ1n) is 29.0. The highest BCUT2D eigenvalue weighted by atomic mass is 16.3. The molecule has 472 valence electrons. The summed E-state index contributed by atoms with van der Waals surface area (Å²) in [6.45, 7) is 74.9. The number of phenols is 1. The minimum atomic E-state index is 0. The number of phenolic OH excluding ortho intramolecular Hbond substituents is 1. The van der Waals surface area contributed by atoms with Crippen molar-refractivity contribution in [2.24, 2.45) is 21.7 Å². The van der Waals surface area contributed by atoms with Gasteiger partial charge in [-0.05, 0) is 82.2 Å². The molecule has 0 aliphatic heterocycles. The van der Waals surface area contributed by atoms with E-state index < -0.39 is 0 Å². The highest BCUT2D eigenvalue weighted by Crippen LogP contribution is 2.26. The Morgan fingerprint density at radius 1 is 0.351 bits per heavy atom. The second-order valence-electron chi connectivity index (χ2n) is 17.5. The van der Waals surface area contributed by atoms with Gasteiger partial charge >= 0.3 is 0 Å². The van der Waals surface area contributed by atoms with Gasteiger partial charge in [0, 0.05) is 29.0 Å². The number of nitrogens with zero attached hydrogens (tertiary/aromatic N) is 1. The molecule has 3 aromatic carbocycles. The van der Waals surface area contributed by atoms with Crippen LogP contribution in [0.4, 0.5) is 0 Å². The van der Waals surface area contributed by atoms with Gasteiger partial charge in [0.2, 0.25) is 0 Å². The molecule has 4 nitrogen and oxygen atoms in total. The topological polar surface area (TPSA) is 64.7 Å². The first kappa shape index (κ1) is 121. The lowest BCUT2D eigenvalue weighted by atomic mass is 9.88. The van der Waals surface area contributed by atoms with Crippen molar-refractivity contribution in [3.05, 3.63) is 120 Å². The number of hydrogen-bond donors (Lipinski definition) is 3. The third kappa shape index (κ3) is 95.0. The lowest BCUT2D eigenvalue weighted by Gasteiger charge is -2.17. The first-order valence-corrected chi connectivity index (χ1v) is 29.0. The van der Waals surface area contributed by atoms with Gasteiger partial charge < -0.3 is 15.1 Å². The predicted octanol–water partition coefficient (Wildman–Crippen LogP) is 28.1. The molecule has 77 heavy (non-hydrogen) atoms. The monoisotopic (exact) mass is 1090 g/mol. The number of aromatic amines is 2. The van der Waals surface area contributed by atoms with Crippen molar-refractivity contribution in [2.75, 3.05) is 0 Å². The molecule has 3 N–H and O–H groups in total. The van der Waals surface area contributed by atoms with Gasteiger partial charge in [0.15, 0.2) is 0 Å². The maximum Gasteiger partial charge on any atom is 0.115 e. The average molecular weight is 1100 g/mol. The summed E-state index contributed by atoms with van der Waals surface area (Å²) in [6.07, 6.45) is 10.1. The van der Waals surface area contributed by atoms with Crippen molar-refractivity contribution in [3.8, 4) is 5.75 Å². The van der Waals surface area contributed by atoms with E-state index in [4.69, 9.17) is 5.11 Å². The molecule has 0 saturated heterocycles. The van der Waals surface area contributed by atoms with Crippen molar-refractivity contribution >= 4 is 10.9 Å². The molecular weight excluding hydrogens is 935 g/mol. The zero-order chi connectivity index (χ0) is 59.3. The lowest BCUT2D eigenvalue weighted by molar-refractivity contribution is 0.407. The molecule has 0 aliphatic carbocycles. The Kier molecular flexibility index (Phi) is 139. The van der Waals surface area contributed by atoms with E-state index in [1.54, 1.807) is 18.5 Å². The van der Waals surface area contributed by atoms with Crippen molar-refractivity contribution in [3.63, 3.8) is 0 Å². The minimum Gasteiger partial charge on any atom is -0.508 e. The third-order valence-corrected chi connectivity index (χ3v) is 6.92. The van der Waals surface area contributed by atoms with Gasteiger partial charge in [0.05, 0.1) is 6.33 Å². The van der Waals surface area contributed by atoms with Crippen LogP contribution in [0.5, 0.6) is 5.75 Å². The van der Waals surface area contributed by atoms with E-state index in [2.05, 4.69) is 159 Å². The molecule has 2 aromatic heterocycles. The number of hydrogen-bond acceptors (Lipinski definition) is 2. The number of rotatable bonds is 4. The summed E-state index contributed by atoms with van der Waals surface area (Å²) in [4.78, 5) is 10.3. The predicted molar refractivity (Wildman–Crippen MR) is 381 cm³/mol. The lowest BCUT2D eigenvalue weighted by Crippen LogP contribution is -2.09. The third-order valence-electron chi connectivity index (χ3n) is 6.92. The fraction of sp³-hybridized carbons (Fsp3) is 0.685. The van der Waals surface area contributed by atoms with E-state index in [1.165, 1.54) is 33.3 Å². The van der Waals surface area contributed by atoms with Gasteiger partial charge in [-0.15, -0.1) is 0 Å². The number of para-hydroxylation sites is 1. The van der Waals surface area contributed by atoms with Crippen LogP contribution in [0.1, 0.15) is 316 Å². The first-order chi connectivity index (χ1) is 33.7. The molecule has 2 heterocycles. The number of aromatic hydroxyl groups is 1. The summed E-state index contributed by atoms with van der Waals surface area (Å²) in [7, 11) is 0. The fourth-order valence-electron chi connectivity index (χ4n) is 5.24. The SMILES string of the molecule is C.C.C.C.C.C.CC.CC.CC.CC.CC.CC.CC.CC.CC.CC.CC.CC.CC(C)(C)Cc1c[nH]c2ccccc12.CC(C)(C)Cc1ccc(O)cc1.CC(C)(C)Cc1ccccc1.CC(C)(C)Cc1cnc[nH]1. The van der Waals surface area contributed by atoms with Gasteiger partial charge in [-0.3, -0.25) is 0 Å². The van der Waals surface area contributed by atoms with Gasteiger partial charge in [-0.25, -0.2) is 4.98 Å². The van der Waals surface area contributed by atoms with Crippen LogP contribution in [0.3, 0.4) is 0 Å². The van der Waals surface area contributed by atoms with Crippen LogP contribution in [-0.2, 0) is 25.7 Å². The number of imidazole rings is 1. The summed E-state index contributed by atoms with van der Waals surface area (Å²) in [5.41, 5.74) is 8.02. The molecule has 0 radical (unpaired) electrons. The van der Waals surface area contributed by atoms with Crippen LogP contribution >= 0.6 is 0 Å². The van der Waals surface area contributed by atoms with Gasteiger partial charge in [-0.1, -0.05) is 354 Å². The average Bonchev–Trinajstić information content (AvgIpc) is 4.06. The minimum absolute atomic E-state index is 0. The molecule has 0 fully saturated rings. The van der Waals surface area contributed by atoms with E-state index in [1.807, 2.05) is 184 Å². The molecular formula is C73H159N3O. The Bertz CT molecular complexity index is 1540. The van der Waals surface area contributed by atoms with Crippen LogP contribution in [0.25, 0.3) is 10.9 Å². The van der Waals surface area contributed by atoms with Crippen LogP contribution in [0, 0.1) is 21.7 Å². The smallest absolute Gasteiger partial charge is 0.115 e. The molecule has 5 rings (SSSR count). The molecule has 0 aliphatic rings. The standard InChI is InChI=1S/C13H17N.C11H16O.C11H16.C8H14N2.12C2H6.6CH4/c1-13(2,3)8-10-9-14-12-7-5-4-6-11(10)12;1-11(2,3)8-9-4-6-10(12)7-5-9;1-11(2,3)9-10-7-5-4-6-8-10;1-8(2,3)4-7-5-9-6-10-7;12*1-2;;;;;;/h4-7,9,14H,8H2,1-3H3;4-7,12H,8H2,1-3H3;4-8H,9H2,1-3H3;5-6H,4H2,1-3H3,(H,9,10);12*1-2H3;6*1H4. The quantitative estimate of drug-likeness (QED) is 0.168. The molecule has 0 unspecified atom stereocenters. The molecule has 5 aromatic rings. The Morgan fingerprint density at radius 2 is 0.649 bits per heavy atom. The normalized spacial score (nSPS) is 8.16. The number of fused-ring (bicyclic) bond motifs is 1. The summed E-state index contributed by atoms with van der Waals surface area (Å²) >= 11 is 0. The van der Waals surface area contributed by atoms with Gasteiger partial charge in [-0.2, -0.15) is 0 Å². The Balaban J connectivity index is -0.0000000359. The number of nitrogens with one attached hydrogen (secondary N) is 2. The molecule has 4 heteroatoms. The van der Waals surface area contributed by atoms with Crippen LogP contribution in [0.2, 0.25) is 0 Å². The zero-order valence-electron chi connectivity index (χ0n) is 55.5. The molecule has 0 spiro atoms. The van der Waals surface area contributed by atoms with E-state index in [0.29, 0.717) is 27.4 Å². The van der Waals surface area contributed by atoms with E-state index in [0.717, 1.165) is 25.7 Å². The highest BCUT2D eigenvalue weighted by Gasteiger charge is 2.14. The van der Waals surface area contributed by atoms with Gasteiger partial charge in [0.25, 0.3) is 0 Å². The summed E-state index contributed by atoms with van der Waals surface area (Å²) < 4.78 is 0. The highest BCUT2D eigenvalue weighted by molar-refractivity contribution is 5.83. The van der Waals surface area contributed by atoms with E-state index in [-0.39, 0.29) is 44.6 Å². The number of H-pyrrole nitrogens is 2. The largest absolute Gasteiger partial charge is 0.508 e. The molecule has 0 atom stereocenters. The van der Waals surface area contributed by atoms with Crippen LogP contribution in [0.15, 0.2) is 97.6 Å². The Hall–Kier alpha value is -3.79. The number of aromatic nitrogens is 3. The Morgan fingerprint density at radius 3 is 0.948 bits per heavy atom. The zero-order valence-corrected chi connectivity index (χ0v) is 55.5. The Labute approximate surface area is 495 Å². The van der Waals surface area contributed by atoms with Gasteiger partial charge in [0.1, 0.15) is 5.75 Å². The summed E-state index contributed by atoms with van der Waals surface area (Å²) in [5, 5.41) is 10.4. The van der Waals surface area contributed by atoms with Crippen molar-refractivity contribution in [1.82, 2.24) is 15.0 Å². The maximum absolute atomic E-state index is 9.05.